The van der Waals surface area contributed by atoms with Crippen LogP contribution >= 0.6 is 0 Å². The molecule has 0 heterocycles. The van der Waals surface area contributed by atoms with Crippen molar-refractivity contribution in [2.45, 2.75) is 20.0 Å². The largest absolute Gasteiger partial charge is 0.489 e. The molecular weight excluding hydrogens is 336 g/mol. The van der Waals surface area contributed by atoms with Gasteiger partial charge in [0.15, 0.2) is 11.9 Å². The number of rotatable bonds is 8. The molecular formula is C20H20O6. The van der Waals surface area contributed by atoms with Crippen LogP contribution in [0.5, 0.6) is 5.75 Å². The van der Waals surface area contributed by atoms with E-state index in [0.717, 1.165) is 0 Å². The molecule has 1 atom stereocenters. The van der Waals surface area contributed by atoms with E-state index in [2.05, 4.69) is 0 Å². The lowest BCUT2D eigenvalue weighted by atomic mass is 10.0. The first-order chi connectivity index (χ1) is 12.5. The van der Waals surface area contributed by atoms with E-state index in [1.54, 1.807) is 48.5 Å². The lowest BCUT2D eigenvalue weighted by Crippen LogP contribution is -2.30. The smallest absolute Gasteiger partial charge is 0.303 e. The fraction of sp³-hybridized carbons (Fsp3) is 0.250. The first-order valence-electron chi connectivity index (χ1n) is 8.09. The molecule has 0 saturated carbocycles. The molecule has 0 aliphatic rings. The highest BCUT2D eigenvalue weighted by Gasteiger charge is 2.18. The van der Waals surface area contributed by atoms with E-state index in [4.69, 9.17) is 14.2 Å². The van der Waals surface area contributed by atoms with E-state index >= 15 is 0 Å². The van der Waals surface area contributed by atoms with Gasteiger partial charge in [-0.3, -0.25) is 14.4 Å². The van der Waals surface area contributed by atoms with Gasteiger partial charge in [-0.15, -0.1) is 0 Å². The summed E-state index contributed by atoms with van der Waals surface area (Å²) in [5, 5.41) is 0. The lowest BCUT2D eigenvalue weighted by Gasteiger charge is -2.18. The summed E-state index contributed by atoms with van der Waals surface area (Å²) in [4.78, 5) is 34.8. The van der Waals surface area contributed by atoms with Crippen molar-refractivity contribution in [3.05, 3.63) is 65.7 Å². The molecule has 26 heavy (non-hydrogen) atoms. The highest BCUT2D eigenvalue weighted by molar-refractivity contribution is 6.10. The van der Waals surface area contributed by atoms with Crippen molar-refractivity contribution in [2.24, 2.45) is 0 Å². The second-order valence-electron chi connectivity index (χ2n) is 5.54. The van der Waals surface area contributed by atoms with Gasteiger partial charge in [-0.25, -0.2) is 0 Å². The number of hydrogen-bond donors (Lipinski definition) is 0. The SMILES string of the molecule is CC(=O)OCC(COc1ccccc1C(=O)c1ccccc1)OC(C)=O. The second kappa shape index (κ2) is 9.36. The van der Waals surface area contributed by atoms with Gasteiger partial charge in [0.05, 0.1) is 5.56 Å². The molecule has 0 aromatic heterocycles. The fourth-order valence-electron chi connectivity index (χ4n) is 2.27. The maximum Gasteiger partial charge on any atom is 0.303 e. The van der Waals surface area contributed by atoms with Crippen LogP contribution in [0.4, 0.5) is 0 Å². The third-order valence-electron chi connectivity index (χ3n) is 3.40. The van der Waals surface area contributed by atoms with Crippen molar-refractivity contribution in [1.29, 1.82) is 0 Å². The predicted molar refractivity (Wildman–Crippen MR) is 94.0 cm³/mol. The normalized spacial score (nSPS) is 11.3. The Kier molecular flexibility index (Phi) is 6.91. The molecule has 0 bridgehead atoms. The zero-order valence-electron chi connectivity index (χ0n) is 14.6. The Morgan fingerprint density at radius 1 is 0.846 bits per heavy atom. The third kappa shape index (κ3) is 5.73. The van der Waals surface area contributed by atoms with Gasteiger partial charge in [0.1, 0.15) is 19.0 Å². The van der Waals surface area contributed by atoms with Crippen LogP contribution in [-0.4, -0.2) is 37.0 Å². The Bertz CT molecular complexity index is 769. The Morgan fingerprint density at radius 2 is 1.50 bits per heavy atom. The Morgan fingerprint density at radius 3 is 2.15 bits per heavy atom. The van der Waals surface area contributed by atoms with Gasteiger partial charge in [0, 0.05) is 19.4 Å². The van der Waals surface area contributed by atoms with Crippen molar-refractivity contribution < 1.29 is 28.6 Å². The topological polar surface area (TPSA) is 78.9 Å². The van der Waals surface area contributed by atoms with E-state index in [1.165, 1.54) is 13.8 Å². The molecule has 2 rings (SSSR count). The van der Waals surface area contributed by atoms with Crippen molar-refractivity contribution in [3.63, 3.8) is 0 Å². The highest BCUT2D eigenvalue weighted by atomic mass is 16.6. The fourth-order valence-corrected chi connectivity index (χ4v) is 2.27. The van der Waals surface area contributed by atoms with Crippen LogP contribution in [-0.2, 0) is 19.1 Å². The van der Waals surface area contributed by atoms with Gasteiger partial charge in [-0.05, 0) is 12.1 Å². The molecule has 0 aliphatic heterocycles. The molecule has 2 aromatic carbocycles. The summed E-state index contributed by atoms with van der Waals surface area (Å²) >= 11 is 0. The molecule has 0 spiro atoms. The molecule has 0 saturated heterocycles. The maximum atomic E-state index is 12.7. The number of carbonyl (C=O) groups excluding carboxylic acids is 3. The number of para-hydroxylation sites is 1. The molecule has 0 amide bonds. The molecule has 0 radical (unpaired) electrons. The van der Waals surface area contributed by atoms with E-state index in [9.17, 15) is 14.4 Å². The average molecular weight is 356 g/mol. The van der Waals surface area contributed by atoms with Crippen LogP contribution in [0.15, 0.2) is 54.6 Å². The monoisotopic (exact) mass is 356 g/mol. The van der Waals surface area contributed by atoms with Crippen LogP contribution in [0.2, 0.25) is 0 Å². The summed E-state index contributed by atoms with van der Waals surface area (Å²) in [5.41, 5.74) is 0.938. The third-order valence-corrected chi connectivity index (χ3v) is 3.40. The van der Waals surface area contributed by atoms with Crippen molar-refractivity contribution in [1.82, 2.24) is 0 Å². The number of hydrogen-bond acceptors (Lipinski definition) is 6. The molecule has 0 N–H and O–H groups in total. The van der Waals surface area contributed by atoms with Gasteiger partial charge in [0.2, 0.25) is 0 Å². The number of carbonyl (C=O) groups is 3. The number of ketones is 1. The standard InChI is InChI=1S/C20H20O6/c1-14(21)24-12-17(26-15(2)22)13-25-19-11-7-6-10-18(19)20(23)16-8-4-3-5-9-16/h3-11,17H,12-13H2,1-2H3. The van der Waals surface area contributed by atoms with Gasteiger partial charge in [0.25, 0.3) is 0 Å². The number of benzene rings is 2. The van der Waals surface area contributed by atoms with Crippen molar-refractivity contribution >= 4 is 17.7 Å². The summed E-state index contributed by atoms with van der Waals surface area (Å²) < 4.78 is 15.6. The summed E-state index contributed by atoms with van der Waals surface area (Å²) in [6.45, 7) is 2.35. The van der Waals surface area contributed by atoms with Gasteiger partial charge in [-0.1, -0.05) is 42.5 Å². The first kappa shape index (κ1) is 19.2. The average Bonchev–Trinajstić information content (AvgIpc) is 2.64. The van der Waals surface area contributed by atoms with Crippen LogP contribution in [0.25, 0.3) is 0 Å². The van der Waals surface area contributed by atoms with Crippen LogP contribution in [0.3, 0.4) is 0 Å². The molecule has 6 heteroatoms. The van der Waals surface area contributed by atoms with E-state index in [-0.39, 0.29) is 19.0 Å². The minimum Gasteiger partial charge on any atom is -0.489 e. The molecule has 0 fully saturated rings. The summed E-state index contributed by atoms with van der Waals surface area (Å²) in [6, 6.07) is 15.7. The number of esters is 2. The molecule has 0 aliphatic carbocycles. The zero-order valence-corrected chi connectivity index (χ0v) is 14.6. The van der Waals surface area contributed by atoms with Gasteiger partial charge < -0.3 is 14.2 Å². The summed E-state index contributed by atoms with van der Waals surface area (Å²) in [7, 11) is 0. The van der Waals surface area contributed by atoms with Crippen molar-refractivity contribution in [2.75, 3.05) is 13.2 Å². The van der Waals surface area contributed by atoms with E-state index in [0.29, 0.717) is 16.9 Å². The predicted octanol–water partition coefficient (Wildman–Crippen LogP) is 2.79. The molecule has 1 unspecified atom stereocenters. The van der Waals surface area contributed by atoms with Gasteiger partial charge >= 0.3 is 11.9 Å². The quantitative estimate of drug-likeness (QED) is 0.535. The summed E-state index contributed by atoms with van der Waals surface area (Å²) in [5.74, 6) is -0.812. The minimum absolute atomic E-state index is 0.0497. The van der Waals surface area contributed by atoms with Crippen LogP contribution in [0.1, 0.15) is 29.8 Å². The Balaban J connectivity index is 2.12. The van der Waals surface area contributed by atoms with Crippen molar-refractivity contribution in [3.8, 4) is 5.75 Å². The van der Waals surface area contributed by atoms with Crippen LogP contribution < -0.4 is 4.74 Å². The number of ether oxygens (including phenoxy) is 3. The maximum absolute atomic E-state index is 12.7. The van der Waals surface area contributed by atoms with E-state index < -0.39 is 18.0 Å². The zero-order chi connectivity index (χ0) is 18.9. The Hall–Kier alpha value is -3.15. The lowest BCUT2D eigenvalue weighted by molar-refractivity contribution is -0.158. The first-order valence-corrected chi connectivity index (χ1v) is 8.09. The second-order valence-corrected chi connectivity index (χ2v) is 5.54. The molecule has 136 valence electrons. The summed E-state index contributed by atoms with van der Waals surface area (Å²) in [6.07, 6.45) is -0.767. The molecule has 2 aromatic rings. The van der Waals surface area contributed by atoms with Crippen LogP contribution in [0, 0.1) is 0 Å². The van der Waals surface area contributed by atoms with E-state index in [1.807, 2.05) is 6.07 Å². The molecule has 6 nitrogen and oxygen atoms in total. The minimum atomic E-state index is -0.767. The Labute approximate surface area is 151 Å². The highest BCUT2D eigenvalue weighted by Crippen LogP contribution is 2.22. The van der Waals surface area contributed by atoms with Gasteiger partial charge in [-0.2, -0.15) is 0 Å².